The van der Waals surface area contributed by atoms with Crippen molar-refractivity contribution in [3.8, 4) is 0 Å². The van der Waals surface area contributed by atoms with Crippen molar-refractivity contribution < 1.29 is 0 Å². The lowest BCUT2D eigenvalue weighted by molar-refractivity contribution is 0.0903. The summed E-state index contributed by atoms with van der Waals surface area (Å²) in [4.78, 5) is 7.66. The highest BCUT2D eigenvalue weighted by atomic mass is 15.2. The molecule has 4 rings (SSSR count). The fraction of sp³-hybridized carbons (Fsp3) is 0.684. The number of benzene rings is 1. The monoisotopic (exact) mass is 299 g/mol. The molecule has 0 saturated carbocycles. The maximum atomic E-state index is 2.65. The molecule has 3 aliphatic heterocycles. The molecule has 1 atom stereocenters. The van der Waals surface area contributed by atoms with Crippen molar-refractivity contribution in [2.24, 2.45) is 5.41 Å². The molecule has 3 nitrogen and oxygen atoms in total. The van der Waals surface area contributed by atoms with Crippen molar-refractivity contribution in [3.05, 3.63) is 29.8 Å². The first-order valence-electron chi connectivity index (χ1n) is 8.90. The number of rotatable bonds is 2. The van der Waals surface area contributed by atoms with Gasteiger partial charge in [-0.05, 0) is 71.0 Å². The molecule has 3 heteroatoms. The van der Waals surface area contributed by atoms with Crippen LogP contribution in [0, 0.1) is 5.41 Å². The van der Waals surface area contributed by atoms with Gasteiger partial charge in [-0.3, -0.25) is 4.90 Å². The highest BCUT2D eigenvalue weighted by molar-refractivity contribution is 5.57. The number of anilines is 1. The summed E-state index contributed by atoms with van der Waals surface area (Å²) >= 11 is 0. The minimum Gasteiger partial charge on any atom is -0.370 e. The standard InChI is InChI=1S/C19H29N3/c1-20-12-9-19(10-13-20)14-22(15-19)18-7-4-3-6-16(18)17-8-5-11-21(17)2/h3-4,6-7,17H,5,8-15H2,1-2H3. The van der Waals surface area contributed by atoms with Crippen LogP contribution >= 0.6 is 0 Å². The van der Waals surface area contributed by atoms with E-state index in [0.717, 1.165) is 0 Å². The first-order chi connectivity index (χ1) is 10.7. The Labute approximate surface area is 134 Å². The second-order valence-electron chi connectivity index (χ2n) is 7.86. The highest BCUT2D eigenvalue weighted by Crippen LogP contribution is 2.45. The van der Waals surface area contributed by atoms with Gasteiger partial charge in [0.25, 0.3) is 0 Å². The summed E-state index contributed by atoms with van der Waals surface area (Å²) in [5.74, 6) is 0. The van der Waals surface area contributed by atoms with Gasteiger partial charge in [-0.15, -0.1) is 0 Å². The van der Waals surface area contributed by atoms with Crippen LogP contribution in [0.5, 0.6) is 0 Å². The molecule has 1 aromatic carbocycles. The molecule has 1 spiro atoms. The van der Waals surface area contributed by atoms with E-state index in [4.69, 9.17) is 0 Å². The van der Waals surface area contributed by atoms with E-state index in [9.17, 15) is 0 Å². The zero-order chi connectivity index (χ0) is 15.2. The van der Waals surface area contributed by atoms with Gasteiger partial charge < -0.3 is 9.80 Å². The minimum atomic E-state index is 0.612. The minimum absolute atomic E-state index is 0.612. The Bertz CT molecular complexity index is 525. The number of piperidine rings is 1. The molecule has 3 aliphatic rings. The Morgan fingerprint density at radius 2 is 1.73 bits per heavy atom. The van der Waals surface area contributed by atoms with E-state index in [1.54, 1.807) is 5.56 Å². The predicted octanol–water partition coefficient (Wildman–Crippen LogP) is 2.99. The van der Waals surface area contributed by atoms with Gasteiger partial charge in [-0.2, -0.15) is 0 Å². The average molecular weight is 299 g/mol. The normalized spacial score (nSPS) is 29.0. The van der Waals surface area contributed by atoms with E-state index in [1.807, 2.05) is 0 Å². The summed E-state index contributed by atoms with van der Waals surface area (Å²) in [5, 5.41) is 0. The van der Waals surface area contributed by atoms with Crippen LogP contribution in [0.3, 0.4) is 0 Å². The molecular formula is C19H29N3. The van der Waals surface area contributed by atoms with Gasteiger partial charge in [-0.25, -0.2) is 0 Å². The lowest BCUT2D eigenvalue weighted by atomic mass is 9.71. The van der Waals surface area contributed by atoms with Crippen molar-refractivity contribution in [1.82, 2.24) is 9.80 Å². The third-order valence-corrected chi connectivity index (χ3v) is 6.26. The van der Waals surface area contributed by atoms with Crippen LogP contribution in [0.15, 0.2) is 24.3 Å². The van der Waals surface area contributed by atoms with Gasteiger partial charge in [0, 0.05) is 30.2 Å². The van der Waals surface area contributed by atoms with Crippen LogP contribution in [0.2, 0.25) is 0 Å². The molecule has 120 valence electrons. The van der Waals surface area contributed by atoms with E-state index < -0.39 is 0 Å². The lowest BCUT2D eigenvalue weighted by Gasteiger charge is -2.55. The fourth-order valence-corrected chi connectivity index (χ4v) is 4.70. The molecule has 0 bridgehead atoms. The van der Waals surface area contributed by atoms with Crippen LogP contribution < -0.4 is 4.90 Å². The average Bonchev–Trinajstić information content (AvgIpc) is 2.92. The maximum absolute atomic E-state index is 2.65. The van der Waals surface area contributed by atoms with E-state index in [2.05, 4.69) is 53.1 Å². The Balaban J connectivity index is 1.50. The molecular weight excluding hydrogens is 270 g/mol. The van der Waals surface area contributed by atoms with E-state index in [0.29, 0.717) is 11.5 Å². The zero-order valence-electron chi connectivity index (χ0n) is 14.1. The van der Waals surface area contributed by atoms with Gasteiger partial charge in [0.15, 0.2) is 0 Å². The summed E-state index contributed by atoms with van der Waals surface area (Å²) < 4.78 is 0. The van der Waals surface area contributed by atoms with Crippen LogP contribution in [-0.2, 0) is 0 Å². The van der Waals surface area contributed by atoms with Crippen molar-refractivity contribution in [1.29, 1.82) is 0 Å². The summed E-state index contributed by atoms with van der Waals surface area (Å²) in [5.41, 5.74) is 3.68. The molecule has 3 fully saturated rings. The quantitative estimate of drug-likeness (QED) is 0.831. The van der Waals surface area contributed by atoms with Gasteiger partial charge in [0.05, 0.1) is 0 Å². The molecule has 3 saturated heterocycles. The topological polar surface area (TPSA) is 9.72 Å². The molecule has 0 aromatic heterocycles. The van der Waals surface area contributed by atoms with Gasteiger partial charge in [-0.1, -0.05) is 18.2 Å². The Morgan fingerprint density at radius 3 is 2.41 bits per heavy atom. The number of hydrogen-bond donors (Lipinski definition) is 0. The second-order valence-corrected chi connectivity index (χ2v) is 7.86. The van der Waals surface area contributed by atoms with Gasteiger partial charge >= 0.3 is 0 Å². The Hall–Kier alpha value is -1.06. The molecule has 0 N–H and O–H groups in total. The van der Waals surface area contributed by atoms with Crippen molar-refractivity contribution >= 4 is 5.69 Å². The third-order valence-electron chi connectivity index (χ3n) is 6.26. The van der Waals surface area contributed by atoms with Crippen LogP contribution in [0.1, 0.15) is 37.3 Å². The number of likely N-dealkylation sites (tertiary alicyclic amines) is 2. The zero-order valence-corrected chi connectivity index (χ0v) is 14.1. The Kier molecular flexibility index (Phi) is 3.66. The molecule has 3 heterocycles. The van der Waals surface area contributed by atoms with Gasteiger partial charge in [0.1, 0.15) is 0 Å². The molecule has 1 unspecified atom stereocenters. The smallest absolute Gasteiger partial charge is 0.0415 e. The summed E-state index contributed by atoms with van der Waals surface area (Å²) in [6, 6.07) is 9.78. The van der Waals surface area contributed by atoms with Crippen molar-refractivity contribution in [2.45, 2.75) is 31.7 Å². The second kappa shape index (κ2) is 5.54. The van der Waals surface area contributed by atoms with Crippen molar-refractivity contribution in [3.63, 3.8) is 0 Å². The van der Waals surface area contributed by atoms with E-state index >= 15 is 0 Å². The third kappa shape index (κ3) is 2.44. The lowest BCUT2D eigenvalue weighted by Crippen LogP contribution is -2.60. The number of nitrogens with zero attached hydrogens (tertiary/aromatic N) is 3. The van der Waals surface area contributed by atoms with Gasteiger partial charge in [0.2, 0.25) is 0 Å². The molecule has 22 heavy (non-hydrogen) atoms. The fourth-order valence-electron chi connectivity index (χ4n) is 4.70. The Morgan fingerprint density at radius 1 is 1.00 bits per heavy atom. The SMILES string of the molecule is CN1CCC2(CC1)CN(c1ccccc1C1CCCN1C)C2. The molecule has 0 radical (unpaired) electrons. The summed E-state index contributed by atoms with van der Waals surface area (Å²) in [7, 11) is 4.54. The largest absolute Gasteiger partial charge is 0.370 e. The molecule has 0 aliphatic carbocycles. The first kappa shape index (κ1) is 14.5. The van der Waals surface area contributed by atoms with Crippen LogP contribution in [0.4, 0.5) is 5.69 Å². The number of hydrogen-bond acceptors (Lipinski definition) is 3. The first-order valence-corrected chi connectivity index (χ1v) is 8.90. The van der Waals surface area contributed by atoms with E-state index in [1.165, 1.54) is 64.1 Å². The van der Waals surface area contributed by atoms with E-state index in [-0.39, 0.29) is 0 Å². The highest BCUT2D eigenvalue weighted by Gasteiger charge is 2.45. The predicted molar refractivity (Wildman–Crippen MR) is 92.4 cm³/mol. The summed E-state index contributed by atoms with van der Waals surface area (Å²) in [6.45, 7) is 6.35. The maximum Gasteiger partial charge on any atom is 0.0415 e. The van der Waals surface area contributed by atoms with Crippen LogP contribution in [-0.4, -0.2) is 56.6 Å². The van der Waals surface area contributed by atoms with Crippen molar-refractivity contribution in [2.75, 3.05) is 51.7 Å². The summed E-state index contributed by atoms with van der Waals surface area (Å²) in [6.07, 6.45) is 5.42. The number of para-hydroxylation sites is 1. The van der Waals surface area contributed by atoms with Crippen LogP contribution in [0.25, 0.3) is 0 Å². The molecule has 1 aromatic rings. The molecule has 0 amide bonds.